The lowest BCUT2D eigenvalue weighted by atomic mass is 10.2. The number of hydrogen-bond donors (Lipinski definition) is 0. The molecule has 1 aromatic carbocycles. The van der Waals surface area contributed by atoms with Gasteiger partial charge in [0, 0.05) is 0 Å². The number of benzene rings is 1. The number of unbranched alkanes of at least 4 members (excludes halogenated alkanes) is 3. The summed E-state index contributed by atoms with van der Waals surface area (Å²) in [5.74, 6) is 5.36. The zero-order valence-electron chi connectivity index (χ0n) is 16.3. The topological polar surface area (TPSA) is 0 Å². The first-order chi connectivity index (χ1) is 10.5. The predicted molar refractivity (Wildman–Crippen MR) is 105 cm³/mol. The molecule has 22 heavy (non-hydrogen) atoms. The highest BCUT2D eigenvalue weighted by Gasteiger charge is 1.80. The van der Waals surface area contributed by atoms with Crippen LogP contribution in [-0.2, 0) is 0 Å². The molecule has 0 aliphatic heterocycles. The molecule has 0 aliphatic rings. The van der Waals surface area contributed by atoms with Crippen molar-refractivity contribution in [3.63, 3.8) is 0 Å². The van der Waals surface area contributed by atoms with Gasteiger partial charge in [-0.3, -0.25) is 0 Å². The van der Waals surface area contributed by atoms with Crippen LogP contribution < -0.4 is 0 Å². The summed E-state index contributed by atoms with van der Waals surface area (Å²) in [4.78, 5) is 0. The molecular formula is C22H38. The second-order valence-corrected chi connectivity index (χ2v) is 5.03. The Balaban J connectivity index is -0.000000231. The Hall–Kier alpha value is -1.48. The predicted octanol–water partition coefficient (Wildman–Crippen LogP) is 7.50. The Kier molecular flexibility index (Phi) is 28.4. The highest BCUT2D eigenvalue weighted by atomic mass is 13.9. The average Bonchev–Trinajstić information content (AvgIpc) is 2.53. The maximum absolute atomic E-state index is 2.68. The third kappa shape index (κ3) is 31.1. The van der Waals surface area contributed by atoms with E-state index >= 15 is 0 Å². The molecule has 1 aromatic rings. The van der Waals surface area contributed by atoms with Gasteiger partial charge in [-0.25, -0.2) is 0 Å². The maximum atomic E-state index is 2.68. The minimum absolute atomic E-state index is 1.34. The van der Waals surface area contributed by atoms with Crippen LogP contribution in [0.4, 0.5) is 0 Å². The van der Waals surface area contributed by atoms with E-state index in [0.29, 0.717) is 0 Å². The molecule has 0 aliphatic carbocycles. The molecule has 0 aromatic heterocycles. The van der Waals surface area contributed by atoms with E-state index in [1.54, 1.807) is 0 Å². The summed E-state index contributed by atoms with van der Waals surface area (Å²) in [6.07, 6.45) is 9.54. The van der Waals surface area contributed by atoms with Crippen molar-refractivity contribution in [2.24, 2.45) is 0 Å². The molecule has 0 fully saturated rings. The van der Waals surface area contributed by atoms with Gasteiger partial charge in [0.2, 0.25) is 0 Å². The molecule has 1 rings (SSSR count). The van der Waals surface area contributed by atoms with Crippen LogP contribution in [-0.4, -0.2) is 0 Å². The third-order valence-corrected chi connectivity index (χ3v) is 2.71. The van der Waals surface area contributed by atoms with Crippen molar-refractivity contribution in [3.05, 3.63) is 47.5 Å². The molecule has 0 atom stereocenters. The first-order valence-corrected chi connectivity index (χ1v) is 8.47. The zero-order chi connectivity index (χ0) is 17.6. The highest BCUT2D eigenvalue weighted by molar-refractivity contribution is 5.20. The Morgan fingerprint density at radius 1 is 0.818 bits per heavy atom. The van der Waals surface area contributed by atoms with Crippen molar-refractivity contribution in [3.8, 4) is 11.8 Å². The quantitative estimate of drug-likeness (QED) is 0.308. The normalized spacial score (nSPS) is 8.18. The van der Waals surface area contributed by atoms with Gasteiger partial charge in [0.15, 0.2) is 0 Å². The molecule has 0 amide bonds. The lowest BCUT2D eigenvalue weighted by Gasteiger charge is -1.90. The first-order valence-electron chi connectivity index (χ1n) is 8.47. The summed E-state index contributed by atoms with van der Waals surface area (Å²) in [6, 6.07) is 8.45. The number of allylic oxidation sites excluding steroid dienone is 2. The van der Waals surface area contributed by atoms with E-state index in [1.807, 2.05) is 39.8 Å². The molecule has 0 spiro atoms. The van der Waals surface area contributed by atoms with Crippen LogP contribution in [0.15, 0.2) is 36.4 Å². The molecule has 0 saturated carbocycles. The standard InChI is InChI=1S/C8H10.C6H14.C4H8.C4H6/c1-7-4-3-5-8(2)6-7;1-3-5-6-4-2;2*1-3-4-2/h3-6H,1-2H3;3-6H2,1-2H3;3-4H,1-2H3;1-2H3/b;;4-3+;. The van der Waals surface area contributed by atoms with Gasteiger partial charge in [0.25, 0.3) is 0 Å². The van der Waals surface area contributed by atoms with Gasteiger partial charge in [-0.1, -0.05) is 87.1 Å². The summed E-state index contributed by atoms with van der Waals surface area (Å²) in [6.45, 7) is 16.3. The second kappa shape index (κ2) is 24.5. The van der Waals surface area contributed by atoms with Gasteiger partial charge in [0.1, 0.15) is 0 Å². The first kappa shape index (κ1) is 25.5. The fourth-order valence-corrected chi connectivity index (χ4v) is 1.31. The van der Waals surface area contributed by atoms with Gasteiger partial charge < -0.3 is 0 Å². The van der Waals surface area contributed by atoms with Crippen LogP contribution in [0.3, 0.4) is 0 Å². The highest BCUT2D eigenvalue weighted by Crippen LogP contribution is 2.00. The van der Waals surface area contributed by atoms with Crippen molar-refractivity contribution < 1.29 is 0 Å². The summed E-state index contributed by atoms with van der Waals surface area (Å²) >= 11 is 0. The molecular weight excluding hydrogens is 264 g/mol. The Morgan fingerprint density at radius 2 is 1.18 bits per heavy atom. The lowest BCUT2D eigenvalue weighted by Crippen LogP contribution is -1.71. The maximum Gasteiger partial charge on any atom is -0.00271 e. The van der Waals surface area contributed by atoms with Crippen molar-refractivity contribution in [1.82, 2.24) is 0 Å². The summed E-state index contributed by atoms with van der Waals surface area (Å²) in [7, 11) is 0. The van der Waals surface area contributed by atoms with E-state index in [2.05, 4.69) is 63.8 Å². The molecule has 0 unspecified atom stereocenters. The van der Waals surface area contributed by atoms with Gasteiger partial charge in [0.05, 0.1) is 0 Å². The SMILES string of the molecule is C/C=C/C.CC#CC.CCCCCC.Cc1cccc(C)c1. The van der Waals surface area contributed by atoms with Crippen molar-refractivity contribution in [2.45, 2.75) is 81.1 Å². The zero-order valence-corrected chi connectivity index (χ0v) is 16.3. The monoisotopic (exact) mass is 302 g/mol. The van der Waals surface area contributed by atoms with Crippen molar-refractivity contribution in [1.29, 1.82) is 0 Å². The molecule has 0 N–H and O–H groups in total. The van der Waals surface area contributed by atoms with Crippen LogP contribution >= 0.6 is 0 Å². The summed E-state index contributed by atoms with van der Waals surface area (Å²) < 4.78 is 0. The Morgan fingerprint density at radius 3 is 1.32 bits per heavy atom. The van der Waals surface area contributed by atoms with Crippen LogP contribution in [0.2, 0.25) is 0 Å². The average molecular weight is 303 g/mol. The minimum atomic E-state index is 1.34. The molecule has 0 heterocycles. The number of rotatable bonds is 3. The Labute approximate surface area is 141 Å². The molecule has 0 nitrogen and oxygen atoms in total. The fraction of sp³-hybridized carbons (Fsp3) is 0.545. The van der Waals surface area contributed by atoms with E-state index < -0.39 is 0 Å². The van der Waals surface area contributed by atoms with E-state index in [-0.39, 0.29) is 0 Å². The molecule has 0 heteroatoms. The molecule has 0 saturated heterocycles. The van der Waals surface area contributed by atoms with Gasteiger partial charge >= 0.3 is 0 Å². The largest absolute Gasteiger partial charge is 0.107 e. The van der Waals surface area contributed by atoms with Gasteiger partial charge in [-0.2, -0.15) is 0 Å². The van der Waals surface area contributed by atoms with E-state index in [0.717, 1.165) is 0 Å². The number of hydrogen-bond acceptors (Lipinski definition) is 0. The second-order valence-electron chi connectivity index (χ2n) is 5.03. The van der Waals surface area contributed by atoms with Crippen molar-refractivity contribution >= 4 is 0 Å². The lowest BCUT2D eigenvalue weighted by molar-refractivity contribution is 0.702. The fourth-order valence-electron chi connectivity index (χ4n) is 1.31. The van der Waals surface area contributed by atoms with E-state index in [1.165, 1.54) is 36.8 Å². The van der Waals surface area contributed by atoms with Crippen LogP contribution in [0, 0.1) is 25.7 Å². The minimum Gasteiger partial charge on any atom is -0.107 e. The summed E-state index contributed by atoms with van der Waals surface area (Å²) in [5, 5.41) is 0. The van der Waals surface area contributed by atoms with Gasteiger partial charge in [-0.15, -0.1) is 11.8 Å². The van der Waals surface area contributed by atoms with Crippen molar-refractivity contribution in [2.75, 3.05) is 0 Å². The van der Waals surface area contributed by atoms with Crippen LogP contribution in [0.25, 0.3) is 0 Å². The third-order valence-electron chi connectivity index (χ3n) is 2.71. The van der Waals surface area contributed by atoms with Crippen LogP contribution in [0.5, 0.6) is 0 Å². The smallest absolute Gasteiger partial charge is 0.00271 e. The molecule has 0 radical (unpaired) electrons. The van der Waals surface area contributed by atoms with E-state index in [4.69, 9.17) is 0 Å². The number of aryl methyl sites for hydroxylation is 2. The molecule has 0 bridgehead atoms. The summed E-state index contributed by atoms with van der Waals surface area (Å²) in [5.41, 5.74) is 2.68. The van der Waals surface area contributed by atoms with E-state index in [9.17, 15) is 0 Å². The molecule has 126 valence electrons. The van der Waals surface area contributed by atoms with Crippen LogP contribution in [0.1, 0.15) is 78.4 Å². The Bertz CT molecular complexity index is 357. The van der Waals surface area contributed by atoms with Gasteiger partial charge in [-0.05, 0) is 41.5 Å².